The summed E-state index contributed by atoms with van der Waals surface area (Å²) in [6, 6.07) is -0.934. The molecule has 1 aromatic carbocycles. The average Bonchev–Trinajstić information content (AvgIpc) is 3.27. The molecule has 1 aliphatic heterocycles. The van der Waals surface area contributed by atoms with E-state index >= 15 is 4.39 Å². The summed E-state index contributed by atoms with van der Waals surface area (Å²) in [5.41, 5.74) is -1.70. The van der Waals surface area contributed by atoms with E-state index in [1.807, 2.05) is 5.32 Å². The highest BCUT2D eigenvalue weighted by atomic mass is 32.2. The van der Waals surface area contributed by atoms with Crippen molar-refractivity contribution in [2.45, 2.75) is 18.5 Å². The number of likely N-dealkylation sites (tertiary alicyclic amines) is 1. The van der Waals surface area contributed by atoms with Crippen molar-refractivity contribution in [2.24, 2.45) is 7.05 Å². The monoisotopic (exact) mass is 494 g/mol. The van der Waals surface area contributed by atoms with E-state index in [4.69, 9.17) is 0 Å². The van der Waals surface area contributed by atoms with Gasteiger partial charge in [0.15, 0.2) is 23.3 Å². The molecule has 0 aliphatic carbocycles. The van der Waals surface area contributed by atoms with Gasteiger partial charge in [-0.3, -0.25) is 13.7 Å². The van der Waals surface area contributed by atoms with Gasteiger partial charge in [0, 0.05) is 37.6 Å². The van der Waals surface area contributed by atoms with E-state index in [1.54, 1.807) is 0 Å². The number of nitrogens with one attached hydrogen (secondary N) is 1. The number of amides is 2. The number of aliphatic hydroxyl groups excluding tert-OH is 1. The number of benzene rings is 1. The highest BCUT2D eigenvalue weighted by Crippen LogP contribution is 2.32. The zero-order valence-electron chi connectivity index (χ0n) is 16.8. The molecule has 1 aromatic heterocycles. The van der Waals surface area contributed by atoms with Crippen LogP contribution in [0.1, 0.15) is 16.9 Å². The molecule has 3 atom stereocenters. The second-order valence-electron chi connectivity index (χ2n) is 7.21. The van der Waals surface area contributed by atoms with E-state index in [1.165, 1.54) is 7.05 Å². The SMILES string of the molecule is Cn1cc(N([C@@H]2C[C@H](CO)N(C(=O)O)C2)S(=O)O)c(F)c1C(=O)Nc1cc(F)c(F)c(F)c1. The number of halogens is 4. The summed E-state index contributed by atoms with van der Waals surface area (Å²) in [5.74, 6) is -7.38. The first kappa shape index (κ1) is 24.5. The predicted molar refractivity (Wildman–Crippen MR) is 107 cm³/mol. The zero-order chi connectivity index (χ0) is 24.6. The quantitative estimate of drug-likeness (QED) is 0.275. The number of hydrogen-bond donors (Lipinski definition) is 4. The summed E-state index contributed by atoms with van der Waals surface area (Å²) in [7, 11) is 1.22. The summed E-state index contributed by atoms with van der Waals surface area (Å²) < 4.78 is 78.5. The first-order valence-corrected chi connectivity index (χ1v) is 10.3. The first-order chi connectivity index (χ1) is 15.5. The lowest BCUT2D eigenvalue weighted by Crippen LogP contribution is -2.40. The van der Waals surface area contributed by atoms with Gasteiger partial charge in [-0.05, 0) is 6.42 Å². The van der Waals surface area contributed by atoms with Gasteiger partial charge in [0.2, 0.25) is 0 Å². The standard InChI is InChI=1S/C18H18F4N4O6S/c1-24-6-13(26(33(31)32)9-4-10(7-27)25(5-9)18(29)30)15(22)16(24)17(28)23-8-2-11(19)14(21)12(20)3-8/h2-3,6,9-10,27H,4-5,7H2,1H3,(H,23,28)(H,29,30)(H,31,32)/t9-,10-/m1/s1. The van der Waals surface area contributed by atoms with Gasteiger partial charge in [0.05, 0.1) is 18.7 Å². The van der Waals surface area contributed by atoms with Crippen LogP contribution in [-0.2, 0) is 18.3 Å². The lowest BCUT2D eigenvalue weighted by atomic mass is 10.2. The van der Waals surface area contributed by atoms with Crippen molar-refractivity contribution >= 4 is 34.6 Å². The summed E-state index contributed by atoms with van der Waals surface area (Å²) in [6.07, 6.45) is -0.478. The van der Waals surface area contributed by atoms with Gasteiger partial charge in [0.25, 0.3) is 17.2 Å². The molecule has 0 radical (unpaired) electrons. The Morgan fingerprint density at radius 3 is 2.30 bits per heavy atom. The van der Waals surface area contributed by atoms with Gasteiger partial charge in [-0.15, -0.1) is 0 Å². The van der Waals surface area contributed by atoms with Gasteiger partial charge in [0.1, 0.15) is 11.4 Å². The topological polar surface area (TPSA) is 135 Å². The summed E-state index contributed by atoms with van der Waals surface area (Å²) in [5, 5.41) is 20.7. The molecular weight excluding hydrogens is 476 g/mol. The fourth-order valence-electron chi connectivity index (χ4n) is 3.69. The molecule has 10 nitrogen and oxygen atoms in total. The van der Waals surface area contributed by atoms with E-state index in [0.717, 1.165) is 15.7 Å². The second kappa shape index (κ2) is 9.36. The normalized spacial score (nSPS) is 18.9. The number of carbonyl (C=O) groups is 2. The second-order valence-corrected chi connectivity index (χ2v) is 8.07. The van der Waals surface area contributed by atoms with Crippen LogP contribution in [0.25, 0.3) is 0 Å². The number of aromatic nitrogens is 1. The fraction of sp³-hybridized carbons (Fsp3) is 0.333. The van der Waals surface area contributed by atoms with E-state index in [9.17, 15) is 41.7 Å². The summed E-state index contributed by atoms with van der Waals surface area (Å²) in [4.78, 5) is 24.7. The number of aryl methyl sites for hydroxylation is 1. The Morgan fingerprint density at radius 2 is 1.82 bits per heavy atom. The molecule has 0 saturated carbocycles. The molecule has 0 bridgehead atoms. The lowest BCUT2D eigenvalue weighted by molar-refractivity contribution is 0.101. The van der Waals surface area contributed by atoms with Crippen LogP contribution in [0.3, 0.4) is 0 Å². The summed E-state index contributed by atoms with van der Waals surface area (Å²) in [6.45, 7) is -0.888. The Kier molecular flexibility index (Phi) is 6.94. The Morgan fingerprint density at radius 1 is 1.21 bits per heavy atom. The molecule has 1 aliphatic rings. The Labute approximate surface area is 186 Å². The fourth-order valence-corrected chi connectivity index (χ4v) is 4.39. The molecule has 2 heterocycles. The number of anilines is 2. The van der Waals surface area contributed by atoms with Crippen molar-refractivity contribution in [2.75, 3.05) is 22.8 Å². The molecule has 180 valence electrons. The molecule has 2 aromatic rings. The number of nitrogens with zero attached hydrogens (tertiary/aromatic N) is 3. The van der Waals surface area contributed by atoms with Crippen molar-refractivity contribution in [1.82, 2.24) is 9.47 Å². The third-order valence-electron chi connectivity index (χ3n) is 5.14. The van der Waals surface area contributed by atoms with E-state index in [-0.39, 0.29) is 13.0 Å². The number of carbonyl (C=O) groups excluding carboxylic acids is 1. The van der Waals surface area contributed by atoms with Crippen LogP contribution in [0.4, 0.5) is 33.7 Å². The van der Waals surface area contributed by atoms with E-state index < -0.39 is 82.3 Å². The third-order valence-corrected chi connectivity index (χ3v) is 5.98. The number of rotatable bonds is 6. The zero-order valence-corrected chi connectivity index (χ0v) is 17.7. The van der Waals surface area contributed by atoms with Crippen molar-refractivity contribution in [1.29, 1.82) is 0 Å². The highest BCUT2D eigenvalue weighted by molar-refractivity contribution is 7.80. The first-order valence-electron chi connectivity index (χ1n) is 9.27. The highest BCUT2D eigenvalue weighted by Gasteiger charge is 2.41. The minimum atomic E-state index is -2.85. The van der Waals surface area contributed by atoms with Gasteiger partial charge in [-0.25, -0.2) is 26.6 Å². The largest absolute Gasteiger partial charge is 0.465 e. The molecule has 2 amide bonds. The maximum atomic E-state index is 15.2. The molecule has 33 heavy (non-hydrogen) atoms. The van der Waals surface area contributed by atoms with Crippen molar-refractivity contribution in [3.8, 4) is 0 Å². The molecule has 0 spiro atoms. The minimum Gasteiger partial charge on any atom is -0.465 e. The van der Waals surface area contributed by atoms with Crippen LogP contribution in [-0.4, -0.2) is 65.7 Å². The molecule has 1 saturated heterocycles. The maximum Gasteiger partial charge on any atom is 0.407 e. The smallest absolute Gasteiger partial charge is 0.407 e. The van der Waals surface area contributed by atoms with Crippen LogP contribution in [0.5, 0.6) is 0 Å². The van der Waals surface area contributed by atoms with Crippen LogP contribution in [0.15, 0.2) is 18.3 Å². The Hall–Kier alpha value is -3.17. The van der Waals surface area contributed by atoms with Crippen molar-refractivity contribution in [3.05, 3.63) is 47.3 Å². The van der Waals surface area contributed by atoms with Crippen LogP contribution < -0.4 is 9.62 Å². The maximum absolute atomic E-state index is 15.2. The summed E-state index contributed by atoms with van der Waals surface area (Å²) >= 11 is -2.85. The average molecular weight is 494 g/mol. The Bertz CT molecular complexity index is 1110. The number of hydrogen-bond acceptors (Lipinski definition) is 4. The predicted octanol–water partition coefficient (Wildman–Crippen LogP) is 1.89. The molecule has 1 fully saturated rings. The van der Waals surface area contributed by atoms with Crippen LogP contribution in [0, 0.1) is 23.3 Å². The van der Waals surface area contributed by atoms with Gasteiger partial charge in [-0.2, -0.15) is 0 Å². The molecule has 4 N–H and O–H groups in total. The van der Waals surface area contributed by atoms with Gasteiger partial charge in [-0.1, -0.05) is 0 Å². The van der Waals surface area contributed by atoms with Crippen molar-refractivity contribution in [3.63, 3.8) is 0 Å². The Balaban J connectivity index is 1.93. The third kappa shape index (κ3) is 4.65. The van der Waals surface area contributed by atoms with Crippen molar-refractivity contribution < 1.29 is 46.1 Å². The number of aliphatic hydroxyl groups is 1. The van der Waals surface area contributed by atoms with Gasteiger partial charge < -0.3 is 25.0 Å². The van der Waals surface area contributed by atoms with Crippen LogP contribution >= 0.6 is 0 Å². The number of carboxylic acid groups (broad SMARTS) is 1. The lowest BCUT2D eigenvalue weighted by Gasteiger charge is -2.25. The van der Waals surface area contributed by atoms with E-state index in [0.29, 0.717) is 16.4 Å². The molecule has 15 heteroatoms. The van der Waals surface area contributed by atoms with E-state index in [2.05, 4.69) is 0 Å². The minimum absolute atomic E-state index is 0.0981. The molecule has 3 rings (SSSR count). The molecule has 1 unspecified atom stereocenters. The van der Waals surface area contributed by atoms with Gasteiger partial charge >= 0.3 is 6.09 Å². The van der Waals surface area contributed by atoms with Crippen LogP contribution in [0.2, 0.25) is 0 Å². The molecular formula is C18H18F4N4O6S.